The van der Waals surface area contributed by atoms with Gasteiger partial charge in [0.1, 0.15) is 0 Å². The third-order valence-electron chi connectivity index (χ3n) is 3.35. The molecule has 1 atom stereocenters. The van der Waals surface area contributed by atoms with Crippen LogP contribution in [0.25, 0.3) is 0 Å². The minimum Gasteiger partial charge on any atom is -0.426 e. The first kappa shape index (κ1) is 13.3. The van der Waals surface area contributed by atoms with Gasteiger partial charge in [-0.1, -0.05) is 48.5 Å². The molecule has 98 valence electrons. The highest BCUT2D eigenvalue weighted by atomic mass is 16.6. The van der Waals surface area contributed by atoms with Crippen LogP contribution in [0.2, 0.25) is 0 Å². The summed E-state index contributed by atoms with van der Waals surface area (Å²) in [5.41, 5.74) is 3.03. The van der Waals surface area contributed by atoms with Gasteiger partial charge in [0.25, 0.3) is 12.3 Å². The van der Waals surface area contributed by atoms with Gasteiger partial charge in [-0.2, -0.15) is 0 Å². The van der Waals surface area contributed by atoms with Crippen LogP contribution < -0.4 is 0 Å². The van der Waals surface area contributed by atoms with E-state index < -0.39 is 5.79 Å². The topological polar surface area (TPSA) is 46.5 Å². The first-order valence-electron chi connectivity index (χ1n) is 6.05. The first-order chi connectivity index (χ1) is 9.09. The van der Waals surface area contributed by atoms with Gasteiger partial charge in [0.05, 0.1) is 0 Å². The van der Waals surface area contributed by atoms with Gasteiger partial charge in [0.2, 0.25) is 0 Å². The summed E-state index contributed by atoms with van der Waals surface area (Å²) < 4.78 is 5.01. The average molecular weight is 256 g/mol. The Hall–Kier alpha value is -2.13. The second kappa shape index (κ2) is 5.24. The molecule has 2 rings (SSSR count). The lowest BCUT2D eigenvalue weighted by atomic mass is 9.91. The Morgan fingerprint density at radius 1 is 1.05 bits per heavy atom. The molecule has 0 heterocycles. The van der Waals surface area contributed by atoms with E-state index in [0.717, 1.165) is 11.1 Å². The lowest BCUT2D eigenvalue weighted by molar-refractivity contribution is -0.182. The fraction of sp³-hybridized carbons (Fsp3) is 0.188. The van der Waals surface area contributed by atoms with Gasteiger partial charge in [-0.25, -0.2) is 0 Å². The molecular weight excluding hydrogens is 240 g/mol. The van der Waals surface area contributed by atoms with Gasteiger partial charge in [-0.05, 0) is 25.0 Å². The molecule has 0 aliphatic rings. The van der Waals surface area contributed by atoms with Crippen LogP contribution in [0.3, 0.4) is 0 Å². The number of benzene rings is 2. The maximum atomic E-state index is 10.8. The number of carbonyl (C=O) groups is 1. The molecule has 2 aromatic rings. The molecular formula is C16H16O3. The minimum absolute atomic E-state index is 0.273. The SMILES string of the molecule is Cc1cccc(C(O)(OC=O)c2ccccc2)c1C. The highest BCUT2D eigenvalue weighted by Gasteiger charge is 2.35. The van der Waals surface area contributed by atoms with Crippen LogP contribution in [-0.4, -0.2) is 11.6 Å². The van der Waals surface area contributed by atoms with Crippen LogP contribution in [0.1, 0.15) is 22.3 Å². The molecule has 0 radical (unpaired) electrons. The highest BCUT2D eigenvalue weighted by molar-refractivity contribution is 5.47. The normalized spacial score (nSPS) is 13.6. The van der Waals surface area contributed by atoms with Crippen molar-refractivity contribution in [3.63, 3.8) is 0 Å². The number of carbonyl (C=O) groups excluding carboxylic acids is 1. The number of aliphatic hydroxyl groups is 1. The molecule has 0 bridgehead atoms. The van der Waals surface area contributed by atoms with Gasteiger partial charge in [0.15, 0.2) is 0 Å². The molecule has 19 heavy (non-hydrogen) atoms. The zero-order valence-corrected chi connectivity index (χ0v) is 11.0. The molecule has 3 nitrogen and oxygen atoms in total. The molecule has 0 aromatic heterocycles. The van der Waals surface area contributed by atoms with E-state index in [0.29, 0.717) is 11.1 Å². The number of rotatable bonds is 4. The summed E-state index contributed by atoms with van der Waals surface area (Å²) in [5, 5.41) is 10.8. The Balaban J connectivity index is 2.63. The molecule has 0 amide bonds. The molecule has 3 heteroatoms. The molecule has 0 aliphatic heterocycles. The van der Waals surface area contributed by atoms with E-state index in [1.807, 2.05) is 32.0 Å². The van der Waals surface area contributed by atoms with Crippen LogP contribution in [0.5, 0.6) is 0 Å². The first-order valence-corrected chi connectivity index (χ1v) is 6.05. The second-order valence-electron chi connectivity index (χ2n) is 4.47. The van der Waals surface area contributed by atoms with Gasteiger partial charge in [-0.3, -0.25) is 4.79 Å². The summed E-state index contributed by atoms with van der Waals surface area (Å²) in [6, 6.07) is 14.4. The van der Waals surface area contributed by atoms with Crippen LogP contribution in [0.15, 0.2) is 48.5 Å². The van der Waals surface area contributed by atoms with Crippen molar-refractivity contribution < 1.29 is 14.6 Å². The predicted octanol–water partition coefficient (Wildman–Crippen LogP) is 2.67. The fourth-order valence-corrected chi connectivity index (χ4v) is 2.14. The predicted molar refractivity (Wildman–Crippen MR) is 72.5 cm³/mol. The van der Waals surface area contributed by atoms with E-state index >= 15 is 0 Å². The van der Waals surface area contributed by atoms with Crippen molar-refractivity contribution in [2.45, 2.75) is 19.6 Å². The number of hydrogen-bond donors (Lipinski definition) is 1. The van der Waals surface area contributed by atoms with E-state index in [9.17, 15) is 9.90 Å². The van der Waals surface area contributed by atoms with Crippen LogP contribution in [0, 0.1) is 13.8 Å². The summed E-state index contributed by atoms with van der Waals surface area (Å²) in [6.45, 7) is 4.12. The average Bonchev–Trinajstić information content (AvgIpc) is 2.43. The third kappa shape index (κ3) is 2.37. The Labute approximate surface area is 112 Å². The summed E-state index contributed by atoms with van der Waals surface area (Å²) in [6.07, 6.45) is 0. The van der Waals surface area contributed by atoms with E-state index in [4.69, 9.17) is 4.74 Å². The van der Waals surface area contributed by atoms with Crippen molar-refractivity contribution in [3.8, 4) is 0 Å². The second-order valence-corrected chi connectivity index (χ2v) is 4.47. The minimum atomic E-state index is -1.75. The molecule has 0 saturated carbocycles. The molecule has 0 saturated heterocycles. The maximum absolute atomic E-state index is 10.8. The summed E-state index contributed by atoms with van der Waals surface area (Å²) in [5.74, 6) is -1.75. The standard InChI is InChI=1S/C16H16O3/c1-12-7-6-10-15(13(12)2)16(18,19-11-17)14-8-4-3-5-9-14/h3-11,18H,1-2H3. The van der Waals surface area contributed by atoms with Crippen molar-refractivity contribution in [1.29, 1.82) is 0 Å². The third-order valence-corrected chi connectivity index (χ3v) is 3.35. The van der Waals surface area contributed by atoms with E-state index in [1.165, 1.54) is 0 Å². The smallest absolute Gasteiger partial charge is 0.296 e. The fourth-order valence-electron chi connectivity index (χ4n) is 2.14. The van der Waals surface area contributed by atoms with Gasteiger partial charge < -0.3 is 9.84 Å². The van der Waals surface area contributed by atoms with Gasteiger partial charge >= 0.3 is 0 Å². The lowest BCUT2D eigenvalue weighted by Crippen LogP contribution is -2.31. The van der Waals surface area contributed by atoms with Crippen molar-refractivity contribution in [1.82, 2.24) is 0 Å². The highest BCUT2D eigenvalue weighted by Crippen LogP contribution is 2.33. The maximum Gasteiger partial charge on any atom is 0.296 e. The quantitative estimate of drug-likeness (QED) is 0.675. The Kier molecular flexibility index (Phi) is 3.67. The lowest BCUT2D eigenvalue weighted by Gasteiger charge is -2.28. The van der Waals surface area contributed by atoms with Crippen LogP contribution >= 0.6 is 0 Å². The number of ether oxygens (including phenoxy) is 1. The molecule has 1 unspecified atom stereocenters. The number of hydrogen-bond acceptors (Lipinski definition) is 3. The van der Waals surface area contributed by atoms with Crippen molar-refractivity contribution in [2.24, 2.45) is 0 Å². The van der Waals surface area contributed by atoms with Crippen LogP contribution in [-0.2, 0) is 15.3 Å². The molecule has 1 N–H and O–H groups in total. The largest absolute Gasteiger partial charge is 0.426 e. The summed E-state index contributed by atoms with van der Waals surface area (Å²) in [4.78, 5) is 10.8. The summed E-state index contributed by atoms with van der Waals surface area (Å²) >= 11 is 0. The van der Waals surface area contributed by atoms with Crippen LogP contribution in [0.4, 0.5) is 0 Å². The molecule has 0 spiro atoms. The Morgan fingerprint density at radius 2 is 1.74 bits per heavy atom. The molecule has 2 aromatic carbocycles. The zero-order valence-electron chi connectivity index (χ0n) is 11.0. The Bertz CT molecular complexity index is 578. The Morgan fingerprint density at radius 3 is 2.37 bits per heavy atom. The van der Waals surface area contributed by atoms with Crippen molar-refractivity contribution in [2.75, 3.05) is 0 Å². The zero-order chi connectivity index (χ0) is 13.9. The van der Waals surface area contributed by atoms with Gasteiger partial charge in [0, 0.05) is 11.1 Å². The molecule has 0 aliphatic carbocycles. The van der Waals surface area contributed by atoms with E-state index in [1.54, 1.807) is 30.3 Å². The van der Waals surface area contributed by atoms with Crippen molar-refractivity contribution in [3.05, 3.63) is 70.8 Å². The molecule has 0 fully saturated rings. The monoisotopic (exact) mass is 256 g/mol. The summed E-state index contributed by atoms with van der Waals surface area (Å²) in [7, 11) is 0. The van der Waals surface area contributed by atoms with E-state index in [2.05, 4.69) is 0 Å². The number of aryl methyl sites for hydroxylation is 1. The van der Waals surface area contributed by atoms with Gasteiger partial charge in [-0.15, -0.1) is 0 Å². The van der Waals surface area contributed by atoms with Crippen molar-refractivity contribution >= 4 is 6.47 Å². The van der Waals surface area contributed by atoms with E-state index in [-0.39, 0.29) is 6.47 Å².